The van der Waals surface area contributed by atoms with Gasteiger partial charge < -0.3 is 11.1 Å². The van der Waals surface area contributed by atoms with Crippen molar-refractivity contribution < 1.29 is 4.79 Å². The highest BCUT2D eigenvalue weighted by Crippen LogP contribution is 2.29. The van der Waals surface area contributed by atoms with Crippen LogP contribution in [0.5, 0.6) is 0 Å². The molecule has 0 spiro atoms. The molecule has 1 unspecified atom stereocenters. The van der Waals surface area contributed by atoms with Crippen LogP contribution in [-0.2, 0) is 17.6 Å². The number of benzene rings is 2. The van der Waals surface area contributed by atoms with Gasteiger partial charge in [-0.2, -0.15) is 0 Å². The summed E-state index contributed by atoms with van der Waals surface area (Å²) in [6.45, 7) is 2.14. The van der Waals surface area contributed by atoms with Crippen LogP contribution < -0.4 is 11.1 Å². The maximum absolute atomic E-state index is 11.4. The molecule has 1 aliphatic rings. The van der Waals surface area contributed by atoms with E-state index < -0.39 is 0 Å². The van der Waals surface area contributed by atoms with Crippen molar-refractivity contribution in [2.45, 2.75) is 25.8 Å². The number of carbonyl (C=O) groups excluding carboxylic acids is 1. The predicted molar refractivity (Wildman–Crippen MR) is 80.6 cm³/mol. The van der Waals surface area contributed by atoms with E-state index in [1.807, 2.05) is 30.3 Å². The summed E-state index contributed by atoms with van der Waals surface area (Å²) in [5, 5.41) is 2.85. The fraction of sp³-hybridized carbons (Fsp3) is 0.235. The highest BCUT2D eigenvalue weighted by molar-refractivity contribution is 5.99. The Bertz CT molecular complexity index is 664. The van der Waals surface area contributed by atoms with Gasteiger partial charge in [-0.15, -0.1) is 0 Å². The number of nitrogens with two attached hydrogens (primary N) is 1. The predicted octanol–water partition coefficient (Wildman–Crippen LogP) is 2.79. The maximum atomic E-state index is 11.4. The molecule has 0 aliphatic carbocycles. The van der Waals surface area contributed by atoms with Gasteiger partial charge in [-0.25, -0.2) is 0 Å². The van der Waals surface area contributed by atoms with Gasteiger partial charge in [0.05, 0.1) is 12.5 Å². The zero-order valence-electron chi connectivity index (χ0n) is 11.5. The summed E-state index contributed by atoms with van der Waals surface area (Å²) in [7, 11) is 0. The molecule has 0 bridgehead atoms. The van der Waals surface area contributed by atoms with Gasteiger partial charge in [0.15, 0.2) is 0 Å². The van der Waals surface area contributed by atoms with E-state index in [1.165, 1.54) is 5.56 Å². The van der Waals surface area contributed by atoms with Crippen molar-refractivity contribution in [1.82, 2.24) is 0 Å². The Morgan fingerprint density at radius 2 is 2.05 bits per heavy atom. The molecule has 2 aromatic carbocycles. The summed E-state index contributed by atoms with van der Waals surface area (Å²) in [5.41, 5.74) is 11.9. The van der Waals surface area contributed by atoms with E-state index in [0.717, 1.165) is 28.8 Å². The summed E-state index contributed by atoms with van der Waals surface area (Å²) < 4.78 is 0. The number of nitrogens with one attached hydrogen (secondary N) is 1. The molecule has 1 atom stereocenters. The lowest BCUT2D eigenvalue weighted by atomic mass is 9.93. The van der Waals surface area contributed by atoms with Crippen molar-refractivity contribution in [3.05, 3.63) is 64.7 Å². The van der Waals surface area contributed by atoms with E-state index >= 15 is 0 Å². The Morgan fingerprint density at radius 3 is 2.85 bits per heavy atom. The van der Waals surface area contributed by atoms with Gasteiger partial charge in [0.2, 0.25) is 5.91 Å². The number of fused-ring (bicyclic) bond motifs is 1. The zero-order valence-corrected chi connectivity index (χ0v) is 11.5. The molecular weight excluding hydrogens is 248 g/mol. The van der Waals surface area contributed by atoms with Crippen LogP contribution in [0.2, 0.25) is 0 Å². The molecule has 0 fully saturated rings. The Kier molecular flexibility index (Phi) is 3.28. The Labute approximate surface area is 118 Å². The first kappa shape index (κ1) is 12.9. The summed E-state index contributed by atoms with van der Waals surface area (Å²) in [5.74, 6) is 0.0553. The molecule has 3 rings (SSSR count). The monoisotopic (exact) mass is 266 g/mol. The van der Waals surface area contributed by atoms with Crippen molar-refractivity contribution in [2.75, 3.05) is 5.32 Å². The average Bonchev–Trinajstić information content (AvgIpc) is 2.85. The molecule has 0 saturated heterocycles. The van der Waals surface area contributed by atoms with Gasteiger partial charge in [-0.1, -0.05) is 43.3 Å². The van der Waals surface area contributed by atoms with Crippen molar-refractivity contribution in [2.24, 2.45) is 5.73 Å². The van der Waals surface area contributed by atoms with Crippen LogP contribution in [-0.4, -0.2) is 5.91 Å². The van der Waals surface area contributed by atoms with Gasteiger partial charge in [-0.05, 0) is 34.7 Å². The number of hydrogen-bond acceptors (Lipinski definition) is 2. The number of hydrogen-bond donors (Lipinski definition) is 2. The van der Waals surface area contributed by atoms with Crippen molar-refractivity contribution in [3.63, 3.8) is 0 Å². The maximum Gasteiger partial charge on any atom is 0.228 e. The van der Waals surface area contributed by atoms with Gasteiger partial charge in [0.25, 0.3) is 0 Å². The molecule has 1 heterocycles. The van der Waals surface area contributed by atoms with Gasteiger partial charge >= 0.3 is 0 Å². The second kappa shape index (κ2) is 5.10. The lowest BCUT2D eigenvalue weighted by Gasteiger charge is -2.17. The van der Waals surface area contributed by atoms with Crippen molar-refractivity contribution in [1.29, 1.82) is 0 Å². The van der Waals surface area contributed by atoms with Crippen molar-refractivity contribution in [3.8, 4) is 0 Å². The number of rotatable bonds is 3. The lowest BCUT2D eigenvalue weighted by Crippen LogP contribution is -2.14. The van der Waals surface area contributed by atoms with Gasteiger partial charge in [-0.3, -0.25) is 4.79 Å². The molecule has 0 saturated carbocycles. The van der Waals surface area contributed by atoms with E-state index in [-0.39, 0.29) is 11.9 Å². The van der Waals surface area contributed by atoms with Crippen LogP contribution in [0.4, 0.5) is 5.69 Å². The second-order valence-corrected chi connectivity index (χ2v) is 5.17. The number of carbonyl (C=O) groups is 1. The molecule has 1 amide bonds. The van der Waals surface area contributed by atoms with Crippen LogP contribution >= 0.6 is 0 Å². The summed E-state index contributed by atoms with van der Waals surface area (Å²) in [6.07, 6.45) is 1.42. The minimum absolute atomic E-state index is 0.0553. The fourth-order valence-corrected chi connectivity index (χ4v) is 2.78. The minimum Gasteiger partial charge on any atom is -0.326 e. The van der Waals surface area contributed by atoms with E-state index in [4.69, 9.17) is 5.73 Å². The molecule has 0 aromatic heterocycles. The Hall–Kier alpha value is -2.13. The number of amides is 1. The zero-order chi connectivity index (χ0) is 14.1. The normalized spacial score (nSPS) is 14.8. The SMILES string of the molecule is CCc1ccccc1C(N)c1ccc2c(c1)CC(=O)N2. The molecule has 3 nitrogen and oxygen atoms in total. The molecule has 1 aliphatic heterocycles. The topological polar surface area (TPSA) is 55.1 Å². The van der Waals surface area contributed by atoms with Crippen LogP contribution in [0.15, 0.2) is 42.5 Å². The Morgan fingerprint density at radius 1 is 1.25 bits per heavy atom. The van der Waals surface area contributed by atoms with Crippen LogP contribution in [0, 0.1) is 0 Å². The summed E-state index contributed by atoms with van der Waals surface area (Å²) in [6, 6.07) is 14.1. The lowest BCUT2D eigenvalue weighted by molar-refractivity contribution is -0.115. The number of anilines is 1. The van der Waals surface area contributed by atoms with Gasteiger partial charge in [0.1, 0.15) is 0 Å². The molecule has 3 N–H and O–H groups in total. The standard InChI is InChI=1S/C17H18N2O/c1-2-11-5-3-4-6-14(11)17(18)12-7-8-15-13(9-12)10-16(20)19-15/h3-9,17H,2,10,18H2,1H3,(H,19,20). The first-order valence-electron chi connectivity index (χ1n) is 6.95. The average molecular weight is 266 g/mol. The smallest absolute Gasteiger partial charge is 0.228 e. The first-order valence-corrected chi connectivity index (χ1v) is 6.95. The molecular formula is C17H18N2O. The molecule has 102 valence electrons. The van der Waals surface area contributed by atoms with E-state index in [0.29, 0.717) is 6.42 Å². The quantitative estimate of drug-likeness (QED) is 0.897. The number of aryl methyl sites for hydroxylation is 1. The highest BCUT2D eigenvalue weighted by atomic mass is 16.1. The molecule has 3 heteroatoms. The van der Waals surface area contributed by atoms with E-state index in [1.54, 1.807) is 0 Å². The van der Waals surface area contributed by atoms with Crippen LogP contribution in [0.1, 0.15) is 35.2 Å². The van der Waals surface area contributed by atoms with E-state index in [9.17, 15) is 4.79 Å². The Balaban J connectivity index is 1.97. The third-order valence-electron chi connectivity index (χ3n) is 3.88. The molecule has 20 heavy (non-hydrogen) atoms. The highest BCUT2D eigenvalue weighted by Gasteiger charge is 2.20. The van der Waals surface area contributed by atoms with E-state index in [2.05, 4.69) is 24.4 Å². The third kappa shape index (κ3) is 2.21. The summed E-state index contributed by atoms with van der Waals surface area (Å²) in [4.78, 5) is 11.4. The summed E-state index contributed by atoms with van der Waals surface area (Å²) >= 11 is 0. The third-order valence-corrected chi connectivity index (χ3v) is 3.88. The van der Waals surface area contributed by atoms with Crippen LogP contribution in [0.25, 0.3) is 0 Å². The minimum atomic E-state index is -0.146. The first-order chi connectivity index (χ1) is 9.69. The van der Waals surface area contributed by atoms with Crippen LogP contribution in [0.3, 0.4) is 0 Å². The second-order valence-electron chi connectivity index (χ2n) is 5.17. The largest absolute Gasteiger partial charge is 0.326 e. The fourth-order valence-electron chi connectivity index (χ4n) is 2.78. The molecule has 2 aromatic rings. The molecule has 0 radical (unpaired) electrons. The van der Waals surface area contributed by atoms with Crippen molar-refractivity contribution >= 4 is 11.6 Å². The van der Waals surface area contributed by atoms with Gasteiger partial charge in [0, 0.05) is 5.69 Å².